The lowest BCUT2D eigenvalue weighted by molar-refractivity contribution is 0.0691. The molecular formula is C6H6BrNO4. The lowest BCUT2D eigenvalue weighted by atomic mass is 10.2. The fourth-order valence-corrected chi connectivity index (χ4v) is 0.675. The van der Waals surface area contributed by atoms with Gasteiger partial charge >= 0.3 is 5.97 Å². The Morgan fingerprint density at radius 2 is 2.08 bits per heavy atom. The van der Waals surface area contributed by atoms with E-state index in [1.807, 2.05) is 0 Å². The van der Waals surface area contributed by atoms with Gasteiger partial charge in [-0.25, -0.2) is 4.79 Å². The highest BCUT2D eigenvalue weighted by atomic mass is 79.9. The number of carboxylic acid groups (broad SMARTS) is 1. The van der Waals surface area contributed by atoms with Crippen LogP contribution in [0.2, 0.25) is 0 Å². The number of hydrogen-bond donors (Lipinski definition) is 3. The maximum atomic E-state index is 10.7. The Bertz CT molecular complexity index is 346. The Morgan fingerprint density at radius 3 is 2.42 bits per heavy atom. The second-order valence-electron chi connectivity index (χ2n) is 1.87. The zero-order valence-electron chi connectivity index (χ0n) is 5.77. The average molecular weight is 236 g/mol. The molecule has 0 fully saturated rings. The van der Waals surface area contributed by atoms with E-state index in [-0.39, 0.29) is 17.0 Å². The zero-order chi connectivity index (χ0) is 8.43. The van der Waals surface area contributed by atoms with E-state index in [0.717, 1.165) is 6.07 Å². The largest absolute Gasteiger partial charge is 0.507 e. The van der Waals surface area contributed by atoms with Gasteiger partial charge in [0.2, 0.25) is 0 Å². The number of halogens is 1. The third kappa shape index (κ3) is 1.85. The van der Waals surface area contributed by atoms with Crippen LogP contribution in [0.25, 0.3) is 0 Å². The molecule has 5 nitrogen and oxygen atoms in total. The Hall–Kier alpha value is -1.30. The van der Waals surface area contributed by atoms with Crippen LogP contribution in [-0.2, 0) is 0 Å². The van der Waals surface area contributed by atoms with Crippen LogP contribution in [0.4, 0.5) is 0 Å². The van der Waals surface area contributed by atoms with E-state index < -0.39 is 22.8 Å². The minimum absolute atomic E-state index is 0. The van der Waals surface area contributed by atoms with Gasteiger partial charge in [0.25, 0.3) is 5.56 Å². The van der Waals surface area contributed by atoms with E-state index in [1.165, 1.54) is 6.20 Å². The molecule has 1 heterocycles. The van der Waals surface area contributed by atoms with Crippen molar-refractivity contribution in [2.24, 2.45) is 0 Å². The van der Waals surface area contributed by atoms with Crippen molar-refractivity contribution >= 4 is 23.0 Å². The summed E-state index contributed by atoms with van der Waals surface area (Å²) in [5.74, 6) is -1.97. The molecule has 0 saturated carbocycles. The van der Waals surface area contributed by atoms with Crippen molar-refractivity contribution in [3.63, 3.8) is 0 Å². The molecule has 6 heteroatoms. The van der Waals surface area contributed by atoms with Gasteiger partial charge < -0.3 is 15.2 Å². The average Bonchev–Trinajstić information content (AvgIpc) is 1.85. The van der Waals surface area contributed by atoms with Crippen molar-refractivity contribution in [3.8, 4) is 5.75 Å². The van der Waals surface area contributed by atoms with Gasteiger partial charge in [-0.3, -0.25) is 4.79 Å². The number of aromatic nitrogens is 1. The maximum absolute atomic E-state index is 10.7. The summed E-state index contributed by atoms with van der Waals surface area (Å²) in [6.45, 7) is 0. The van der Waals surface area contributed by atoms with Crippen LogP contribution in [0.3, 0.4) is 0 Å². The molecule has 0 amide bonds. The fraction of sp³-hybridized carbons (Fsp3) is 0. The van der Waals surface area contributed by atoms with Crippen LogP contribution in [0, 0.1) is 0 Å². The summed E-state index contributed by atoms with van der Waals surface area (Å²) in [4.78, 5) is 23.1. The van der Waals surface area contributed by atoms with Crippen LogP contribution in [-0.4, -0.2) is 21.2 Å². The minimum atomic E-state index is -1.44. The van der Waals surface area contributed by atoms with Gasteiger partial charge in [0.1, 0.15) is 5.75 Å². The highest BCUT2D eigenvalue weighted by molar-refractivity contribution is 8.93. The van der Waals surface area contributed by atoms with Crippen molar-refractivity contribution in [2.45, 2.75) is 0 Å². The Balaban J connectivity index is 0.00000121. The summed E-state index contributed by atoms with van der Waals surface area (Å²) in [6.07, 6.45) is 1.17. The molecule has 3 N–H and O–H groups in total. The molecule has 0 saturated heterocycles. The fourth-order valence-electron chi connectivity index (χ4n) is 0.675. The number of aromatic hydroxyl groups is 1. The standard InChI is InChI=1S/C6H5NO4.BrH/c8-3-1-2-7-5(9)4(3)6(10)11;/h1-2H,(H,10,11)(H2,7,8,9);1H. The number of carboxylic acids is 1. The first-order valence-corrected chi connectivity index (χ1v) is 2.77. The Morgan fingerprint density at radius 1 is 1.50 bits per heavy atom. The van der Waals surface area contributed by atoms with Crippen LogP contribution in [0.1, 0.15) is 10.4 Å². The molecule has 0 aromatic carbocycles. The second kappa shape index (κ2) is 3.91. The summed E-state index contributed by atoms with van der Waals surface area (Å²) in [5.41, 5.74) is -1.44. The maximum Gasteiger partial charge on any atom is 0.345 e. The van der Waals surface area contributed by atoms with Gasteiger partial charge in [-0.2, -0.15) is 0 Å². The number of aromatic amines is 1. The Labute approximate surface area is 77.4 Å². The smallest absolute Gasteiger partial charge is 0.345 e. The first-order chi connectivity index (χ1) is 5.13. The molecule has 66 valence electrons. The molecule has 1 rings (SSSR count). The van der Waals surface area contributed by atoms with Crippen molar-refractivity contribution < 1.29 is 15.0 Å². The van der Waals surface area contributed by atoms with Crippen molar-refractivity contribution in [2.75, 3.05) is 0 Å². The lowest BCUT2D eigenvalue weighted by Gasteiger charge is -1.94. The normalized spacial score (nSPS) is 8.67. The van der Waals surface area contributed by atoms with Crippen LogP contribution >= 0.6 is 17.0 Å². The molecule has 0 aliphatic rings. The van der Waals surface area contributed by atoms with Crippen LogP contribution in [0.5, 0.6) is 5.75 Å². The van der Waals surface area contributed by atoms with E-state index in [4.69, 9.17) is 10.2 Å². The third-order valence-electron chi connectivity index (χ3n) is 1.15. The molecule has 12 heavy (non-hydrogen) atoms. The molecule has 0 aliphatic carbocycles. The molecule has 1 aromatic rings. The summed E-state index contributed by atoms with van der Waals surface area (Å²) in [7, 11) is 0. The van der Waals surface area contributed by atoms with Gasteiger partial charge in [-0.05, 0) is 6.07 Å². The number of carbonyl (C=O) groups is 1. The van der Waals surface area contributed by atoms with Crippen LogP contribution in [0.15, 0.2) is 17.1 Å². The quantitative estimate of drug-likeness (QED) is 0.656. The van der Waals surface area contributed by atoms with Gasteiger partial charge in [0, 0.05) is 6.20 Å². The topological polar surface area (TPSA) is 90.4 Å². The van der Waals surface area contributed by atoms with Gasteiger partial charge in [-0.1, -0.05) is 0 Å². The summed E-state index contributed by atoms with van der Waals surface area (Å²) < 4.78 is 0. The number of nitrogens with one attached hydrogen (secondary N) is 1. The van der Waals surface area contributed by atoms with Crippen molar-refractivity contribution in [3.05, 3.63) is 28.2 Å². The number of hydrogen-bond acceptors (Lipinski definition) is 3. The monoisotopic (exact) mass is 235 g/mol. The highest BCUT2D eigenvalue weighted by Crippen LogP contribution is 2.08. The lowest BCUT2D eigenvalue weighted by Crippen LogP contribution is -2.16. The molecule has 0 radical (unpaired) electrons. The number of pyridine rings is 1. The molecular weight excluding hydrogens is 230 g/mol. The molecule has 0 spiro atoms. The van der Waals surface area contributed by atoms with E-state index in [1.54, 1.807) is 0 Å². The highest BCUT2D eigenvalue weighted by Gasteiger charge is 2.12. The molecule has 1 aromatic heterocycles. The zero-order valence-corrected chi connectivity index (χ0v) is 7.49. The van der Waals surface area contributed by atoms with Crippen molar-refractivity contribution in [1.29, 1.82) is 0 Å². The molecule has 0 bridgehead atoms. The predicted octanol–water partition coefficient (Wildman–Crippen LogP) is 0.357. The van der Waals surface area contributed by atoms with Crippen molar-refractivity contribution in [1.82, 2.24) is 4.98 Å². The first kappa shape index (κ1) is 10.7. The van der Waals surface area contributed by atoms with Crippen LogP contribution < -0.4 is 5.56 Å². The first-order valence-electron chi connectivity index (χ1n) is 2.77. The van der Waals surface area contributed by atoms with E-state index in [0.29, 0.717) is 0 Å². The minimum Gasteiger partial charge on any atom is -0.507 e. The van der Waals surface area contributed by atoms with Gasteiger partial charge in [0.05, 0.1) is 0 Å². The summed E-state index contributed by atoms with van der Waals surface area (Å²) in [6, 6.07) is 1.10. The summed E-state index contributed by atoms with van der Waals surface area (Å²) in [5, 5.41) is 17.2. The third-order valence-corrected chi connectivity index (χ3v) is 1.15. The number of aromatic carboxylic acids is 1. The van der Waals surface area contributed by atoms with E-state index in [9.17, 15) is 9.59 Å². The predicted molar refractivity (Wildman–Crippen MR) is 46.0 cm³/mol. The molecule has 0 unspecified atom stereocenters. The van der Waals surface area contributed by atoms with E-state index >= 15 is 0 Å². The molecule has 0 aliphatic heterocycles. The second-order valence-corrected chi connectivity index (χ2v) is 1.87. The molecule has 0 atom stereocenters. The Kier molecular flexibility index (Phi) is 3.49. The number of rotatable bonds is 1. The van der Waals surface area contributed by atoms with Gasteiger partial charge in [-0.15, -0.1) is 17.0 Å². The number of H-pyrrole nitrogens is 1. The van der Waals surface area contributed by atoms with E-state index in [2.05, 4.69) is 4.98 Å². The summed E-state index contributed by atoms with van der Waals surface area (Å²) >= 11 is 0. The van der Waals surface area contributed by atoms with Gasteiger partial charge in [0.15, 0.2) is 5.56 Å². The SMILES string of the molecule is Br.O=C(O)c1c(O)cc[nH]c1=O.